The number of alkyl halides is 3. The molecule has 0 aliphatic carbocycles. The highest BCUT2D eigenvalue weighted by Gasteiger charge is 2.44. The number of amides is 3. The molecule has 0 bridgehead atoms. The smallest absolute Gasteiger partial charge is 0.342 e. The molecule has 2 N–H and O–H groups in total. The van der Waals surface area contributed by atoms with E-state index in [1.807, 2.05) is 13.8 Å². The fourth-order valence-corrected chi connectivity index (χ4v) is 3.49. The number of aromatic nitrogens is 2. The Hall–Kier alpha value is -2.26. The molecule has 28 heavy (non-hydrogen) atoms. The van der Waals surface area contributed by atoms with Gasteiger partial charge in [-0.15, -0.1) is 0 Å². The van der Waals surface area contributed by atoms with Crippen molar-refractivity contribution < 1.29 is 22.8 Å². The number of likely N-dealkylation sites (tertiary alicyclic amines) is 1. The second-order valence-electron chi connectivity index (χ2n) is 7.55. The van der Waals surface area contributed by atoms with Crippen molar-refractivity contribution in [2.75, 3.05) is 13.1 Å². The van der Waals surface area contributed by atoms with E-state index in [0.29, 0.717) is 31.6 Å². The molecule has 2 rings (SSSR count). The van der Waals surface area contributed by atoms with Gasteiger partial charge in [-0.25, -0.2) is 4.79 Å². The molecule has 1 aliphatic heterocycles. The van der Waals surface area contributed by atoms with Gasteiger partial charge in [0.25, 0.3) is 0 Å². The zero-order valence-electron chi connectivity index (χ0n) is 16.9. The summed E-state index contributed by atoms with van der Waals surface area (Å²) in [6, 6.07) is -3.29. The zero-order chi connectivity index (χ0) is 21.2. The highest BCUT2D eigenvalue weighted by molar-refractivity contribution is 5.78. The topological polar surface area (TPSA) is 79.3 Å². The summed E-state index contributed by atoms with van der Waals surface area (Å²) in [4.78, 5) is 26.0. The van der Waals surface area contributed by atoms with Gasteiger partial charge in [-0.1, -0.05) is 13.8 Å². The number of urea groups is 1. The van der Waals surface area contributed by atoms with Crippen LogP contribution >= 0.6 is 0 Å². The number of piperidine rings is 1. The van der Waals surface area contributed by atoms with Crippen molar-refractivity contribution in [2.45, 2.75) is 58.8 Å². The Morgan fingerprint density at radius 2 is 1.75 bits per heavy atom. The maximum Gasteiger partial charge on any atom is 0.413 e. The summed E-state index contributed by atoms with van der Waals surface area (Å²) >= 11 is 0. The first-order valence-electron chi connectivity index (χ1n) is 9.34. The van der Waals surface area contributed by atoms with Crippen molar-refractivity contribution in [1.29, 1.82) is 0 Å². The van der Waals surface area contributed by atoms with E-state index in [0.717, 1.165) is 0 Å². The predicted octanol–water partition coefficient (Wildman–Crippen LogP) is 2.59. The minimum atomic E-state index is -4.65. The minimum absolute atomic E-state index is 0.0394. The van der Waals surface area contributed by atoms with Crippen LogP contribution in [0.1, 0.15) is 49.7 Å². The van der Waals surface area contributed by atoms with Crippen molar-refractivity contribution in [3.05, 3.63) is 17.0 Å². The SMILES string of the molecule is Cc1nn(C)c(C)c1[C@H](NC(=O)NC1CCN(C(=O)C(C)C)CC1)C(F)(F)F. The van der Waals surface area contributed by atoms with Crippen molar-refractivity contribution in [2.24, 2.45) is 13.0 Å². The number of aryl methyl sites for hydroxylation is 2. The lowest BCUT2D eigenvalue weighted by Gasteiger charge is -2.33. The largest absolute Gasteiger partial charge is 0.413 e. The van der Waals surface area contributed by atoms with Gasteiger partial charge in [-0.2, -0.15) is 18.3 Å². The van der Waals surface area contributed by atoms with Gasteiger partial charge in [0, 0.05) is 43.4 Å². The number of nitrogens with one attached hydrogen (secondary N) is 2. The minimum Gasteiger partial charge on any atom is -0.342 e. The average molecular weight is 403 g/mol. The molecule has 10 heteroatoms. The van der Waals surface area contributed by atoms with E-state index in [1.54, 1.807) is 11.9 Å². The van der Waals surface area contributed by atoms with Crippen LogP contribution < -0.4 is 10.6 Å². The Morgan fingerprint density at radius 3 is 2.18 bits per heavy atom. The highest BCUT2D eigenvalue weighted by Crippen LogP contribution is 2.35. The van der Waals surface area contributed by atoms with E-state index in [4.69, 9.17) is 0 Å². The van der Waals surface area contributed by atoms with Gasteiger partial charge in [0.05, 0.1) is 5.69 Å². The number of hydrogen-bond donors (Lipinski definition) is 2. The van der Waals surface area contributed by atoms with Gasteiger partial charge in [0.15, 0.2) is 6.04 Å². The van der Waals surface area contributed by atoms with Crippen molar-refractivity contribution in [3.63, 3.8) is 0 Å². The molecule has 2 heterocycles. The maximum atomic E-state index is 13.6. The summed E-state index contributed by atoms with van der Waals surface area (Å²) in [5, 5.41) is 8.68. The Labute approximate surface area is 162 Å². The summed E-state index contributed by atoms with van der Waals surface area (Å²) in [7, 11) is 1.56. The van der Waals surface area contributed by atoms with Crippen molar-refractivity contribution in [3.8, 4) is 0 Å². The van der Waals surface area contributed by atoms with Gasteiger partial charge >= 0.3 is 12.2 Å². The van der Waals surface area contributed by atoms with Gasteiger partial charge in [0.1, 0.15) is 0 Å². The molecule has 0 unspecified atom stereocenters. The summed E-state index contributed by atoms with van der Waals surface area (Å²) in [6.07, 6.45) is -3.63. The summed E-state index contributed by atoms with van der Waals surface area (Å²) in [6.45, 7) is 7.62. The molecule has 7 nitrogen and oxygen atoms in total. The molecule has 1 atom stereocenters. The van der Waals surface area contributed by atoms with E-state index in [1.165, 1.54) is 18.5 Å². The van der Waals surface area contributed by atoms with Crippen molar-refractivity contribution >= 4 is 11.9 Å². The lowest BCUT2D eigenvalue weighted by molar-refractivity contribution is -0.155. The second kappa shape index (κ2) is 8.40. The molecule has 1 aromatic rings. The molecule has 1 aromatic heterocycles. The number of nitrogens with zero attached hydrogens (tertiary/aromatic N) is 3. The average Bonchev–Trinajstić information content (AvgIpc) is 2.84. The van der Waals surface area contributed by atoms with Crippen LogP contribution in [0.5, 0.6) is 0 Å². The molecule has 0 spiro atoms. The monoisotopic (exact) mass is 403 g/mol. The normalized spacial score (nSPS) is 17.0. The third-order valence-electron chi connectivity index (χ3n) is 5.09. The van der Waals surface area contributed by atoms with E-state index in [-0.39, 0.29) is 29.1 Å². The van der Waals surface area contributed by atoms with E-state index in [9.17, 15) is 22.8 Å². The molecule has 0 aromatic carbocycles. The van der Waals surface area contributed by atoms with E-state index >= 15 is 0 Å². The first-order valence-corrected chi connectivity index (χ1v) is 9.34. The molecule has 0 radical (unpaired) electrons. The van der Waals surface area contributed by atoms with Crippen LogP contribution in [0.25, 0.3) is 0 Å². The number of hydrogen-bond acceptors (Lipinski definition) is 3. The highest BCUT2D eigenvalue weighted by atomic mass is 19.4. The van der Waals surface area contributed by atoms with Crippen LogP contribution in [0.15, 0.2) is 0 Å². The Bertz CT molecular complexity index is 722. The van der Waals surface area contributed by atoms with Crippen LogP contribution in [0.4, 0.5) is 18.0 Å². The molecule has 3 amide bonds. The molecule has 1 fully saturated rings. The standard InChI is InChI=1S/C18H28F3N5O2/c1-10(2)16(27)26-8-6-13(7-9-26)22-17(28)23-15(18(19,20)21)14-11(3)24-25(5)12(14)4/h10,13,15H,6-9H2,1-5H3,(H2,22,23,28)/t15-/m0/s1. The fourth-order valence-electron chi connectivity index (χ4n) is 3.49. The predicted molar refractivity (Wildman–Crippen MR) is 97.6 cm³/mol. The Kier molecular flexibility index (Phi) is 6.61. The Balaban J connectivity index is 2.01. The molecular weight excluding hydrogens is 375 g/mol. The van der Waals surface area contributed by atoms with Crippen LogP contribution in [0, 0.1) is 19.8 Å². The first-order chi connectivity index (χ1) is 12.9. The van der Waals surface area contributed by atoms with Gasteiger partial charge < -0.3 is 15.5 Å². The quantitative estimate of drug-likeness (QED) is 0.811. The van der Waals surface area contributed by atoms with Crippen LogP contribution in [0.2, 0.25) is 0 Å². The van der Waals surface area contributed by atoms with Crippen LogP contribution in [-0.2, 0) is 11.8 Å². The molecule has 1 saturated heterocycles. The zero-order valence-corrected chi connectivity index (χ0v) is 16.9. The number of carbonyl (C=O) groups excluding carboxylic acids is 2. The number of rotatable bonds is 4. The summed E-state index contributed by atoms with van der Waals surface area (Å²) < 4.78 is 42.2. The van der Waals surface area contributed by atoms with E-state index < -0.39 is 18.2 Å². The third kappa shape index (κ3) is 4.96. The molecule has 158 valence electrons. The molecule has 1 aliphatic rings. The third-order valence-corrected chi connectivity index (χ3v) is 5.09. The lowest BCUT2D eigenvalue weighted by atomic mass is 10.0. The van der Waals surface area contributed by atoms with Crippen LogP contribution in [-0.4, -0.2) is 51.9 Å². The Morgan fingerprint density at radius 1 is 1.18 bits per heavy atom. The van der Waals surface area contributed by atoms with Gasteiger partial charge in [0.2, 0.25) is 5.91 Å². The molecular formula is C18H28F3N5O2. The van der Waals surface area contributed by atoms with Gasteiger partial charge in [-0.05, 0) is 26.7 Å². The number of carbonyl (C=O) groups is 2. The summed E-state index contributed by atoms with van der Waals surface area (Å²) in [5.41, 5.74) is 0.534. The van der Waals surface area contributed by atoms with E-state index in [2.05, 4.69) is 15.7 Å². The second-order valence-corrected chi connectivity index (χ2v) is 7.55. The fraction of sp³-hybridized carbons (Fsp3) is 0.722. The van der Waals surface area contributed by atoms with Crippen molar-refractivity contribution in [1.82, 2.24) is 25.3 Å². The lowest BCUT2D eigenvalue weighted by Crippen LogP contribution is -2.51. The van der Waals surface area contributed by atoms with Crippen LogP contribution in [0.3, 0.4) is 0 Å². The van der Waals surface area contributed by atoms with Gasteiger partial charge in [-0.3, -0.25) is 9.48 Å². The maximum absolute atomic E-state index is 13.6. The first kappa shape index (κ1) is 22.0. The number of halogens is 3. The summed E-state index contributed by atoms with van der Waals surface area (Å²) in [5.74, 6) is -0.0612. The molecule has 0 saturated carbocycles.